The van der Waals surface area contributed by atoms with Gasteiger partial charge in [-0.1, -0.05) is 11.2 Å². The van der Waals surface area contributed by atoms with Gasteiger partial charge in [0.25, 0.3) is 5.91 Å². The minimum Gasteiger partial charge on any atom is -0.486 e. The number of amides is 4. The third kappa shape index (κ3) is 2.94. The van der Waals surface area contributed by atoms with Crippen molar-refractivity contribution in [2.75, 3.05) is 25.1 Å². The van der Waals surface area contributed by atoms with E-state index in [1.807, 2.05) is 0 Å². The quantitative estimate of drug-likeness (QED) is 0.763. The van der Waals surface area contributed by atoms with Gasteiger partial charge in [-0.3, -0.25) is 14.5 Å². The standard InChI is InChI=1S/C17H16N4O6/c1-17(10-2-3-11-12(8-10)26-7-6-25-11)15(23)21(16(24)19-17)9-14(22)18-13-4-5-27-20-13/h2-5,8H,6-7,9H2,1H3,(H,19,24)(H,18,20,22). The van der Waals surface area contributed by atoms with E-state index in [-0.39, 0.29) is 5.82 Å². The molecule has 140 valence electrons. The molecule has 10 heteroatoms. The Morgan fingerprint density at radius 3 is 2.78 bits per heavy atom. The van der Waals surface area contributed by atoms with E-state index in [4.69, 9.17) is 9.47 Å². The fourth-order valence-electron chi connectivity index (χ4n) is 2.99. The number of ether oxygens (including phenoxy) is 2. The van der Waals surface area contributed by atoms with Gasteiger partial charge in [0.2, 0.25) is 5.91 Å². The Bertz CT molecular complexity index is 912. The van der Waals surface area contributed by atoms with Crippen molar-refractivity contribution in [2.45, 2.75) is 12.5 Å². The molecule has 27 heavy (non-hydrogen) atoms. The molecule has 0 aliphatic carbocycles. The lowest BCUT2D eigenvalue weighted by Crippen LogP contribution is -2.42. The number of nitrogens with one attached hydrogen (secondary N) is 2. The molecule has 2 N–H and O–H groups in total. The topological polar surface area (TPSA) is 123 Å². The number of imide groups is 1. The minimum atomic E-state index is -1.32. The van der Waals surface area contributed by atoms with E-state index >= 15 is 0 Å². The fraction of sp³-hybridized carbons (Fsp3) is 0.294. The summed E-state index contributed by atoms with van der Waals surface area (Å²) in [7, 11) is 0. The molecule has 2 aromatic rings. The van der Waals surface area contributed by atoms with Crippen LogP contribution in [-0.4, -0.2) is 47.7 Å². The normalized spacial score (nSPS) is 21.1. The molecular weight excluding hydrogens is 356 g/mol. The van der Waals surface area contributed by atoms with E-state index in [1.54, 1.807) is 25.1 Å². The number of benzene rings is 1. The third-order valence-electron chi connectivity index (χ3n) is 4.40. The lowest BCUT2D eigenvalue weighted by Gasteiger charge is -2.25. The number of carbonyl (C=O) groups excluding carboxylic acids is 3. The van der Waals surface area contributed by atoms with Crippen molar-refractivity contribution < 1.29 is 28.4 Å². The maximum Gasteiger partial charge on any atom is 0.325 e. The first-order valence-corrected chi connectivity index (χ1v) is 8.22. The Balaban J connectivity index is 1.53. The van der Waals surface area contributed by atoms with Crippen molar-refractivity contribution in [3.05, 3.63) is 36.1 Å². The van der Waals surface area contributed by atoms with Crippen LogP contribution in [0.5, 0.6) is 11.5 Å². The van der Waals surface area contributed by atoms with Crippen LogP contribution in [0.2, 0.25) is 0 Å². The average molecular weight is 372 g/mol. The molecule has 1 aromatic carbocycles. The number of hydrogen-bond donors (Lipinski definition) is 2. The molecule has 1 atom stereocenters. The Morgan fingerprint density at radius 1 is 1.26 bits per heavy atom. The van der Waals surface area contributed by atoms with Crippen molar-refractivity contribution in [3.8, 4) is 11.5 Å². The molecule has 3 heterocycles. The van der Waals surface area contributed by atoms with Crippen molar-refractivity contribution >= 4 is 23.7 Å². The molecule has 1 fully saturated rings. The van der Waals surface area contributed by atoms with Crippen molar-refractivity contribution in [1.82, 2.24) is 15.4 Å². The second kappa shape index (κ2) is 6.31. The van der Waals surface area contributed by atoms with Gasteiger partial charge in [0.1, 0.15) is 31.6 Å². The van der Waals surface area contributed by atoms with Crippen molar-refractivity contribution in [1.29, 1.82) is 0 Å². The number of nitrogens with zero attached hydrogens (tertiary/aromatic N) is 2. The largest absolute Gasteiger partial charge is 0.486 e. The third-order valence-corrected chi connectivity index (χ3v) is 4.40. The van der Waals surface area contributed by atoms with Crippen LogP contribution in [0.15, 0.2) is 35.1 Å². The molecule has 4 amide bonds. The number of urea groups is 1. The van der Waals surface area contributed by atoms with Crippen LogP contribution in [0.25, 0.3) is 0 Å². The zero-order chi connectivity index (χ0) is 19.0. The second-order valence-electron chi connectivity index (χ2n) is 6.24. The molecule has 0 saturated carbocycles. The molecule has 0 spiro atoms. The van der Waals surface area contributed by atoms with Crippen LogP contribution >= 0.6 is 0 Å². The summed E-state index contributed by atoms with van der Waals surface area (Å²) in [5, 5.41) is 8.64. The molecule has 0 bridgehead atoms. The van der Waals surface area contributed by atoms with Crippen LogP contribution in [0.4, 0.5) is 10.6 Å². The summed E-state index contributed by atoms with van der Waals surface area (Å²) in [4.78, 5) is 38.2. The Morgan fingerprint density at radius 2 is 2.04 bits per heavy atom. The molecule has 1 saturated heterocycles. The summed E-state index contributed by atoms with van der Waals surface area (Å²) in [5.74, 6) is 0.165. The number of anilines is 1. The molecule has 2 aliphatic heterocycles. The Hall–Kier alpha value is -3.56. The lowest BCUT2D eigenvalue weighted by molar-refractivity contribution is -0.133. The number of carbonyl (C=O) groups is 3. The molecule has 10 nitrogen and oxygen atoms in total. The van der Waals surface area contributed by atoms with E-state index in [0.717, 1.165) is 4.90 Å². The maximum absolute atomic E-state index is 12.9. The van der Waals surface area contributed by atoms with Crippen LogP contribution in [0.3, 0.4) is 0 Å². The molecule has 0 radical (unpaired) electrons. The van der Waals surface area contributed by atoms with Crippen LogP contribution in [0, 0.1) is 0 Å². The summed E-state index contributed by atoms with van der Waals surface area (Å²) >= 11 is 0. The van der Waals surface area contributed by atoms with Crippen molar-refractivity contribution in [3.63, 3.8) is 0 Å². The van der Waals surface area contributed by atoms with Crippen LogP contribution < -0.4 is 20.1 Å². The lowest BCUT2D eigenvalue weighted by atomic mass is 9.91. The number of aromatic nitrogens is 1. The highest BCUT2D eigenvalue weighted by molar-refractivity contribution is 6.10. The highest BCUT2D eigenvalue weighted by Gasteiger charge is 2.49. The average Bonchev–Trinajstić information content (AvgIpc) is 3.24. The fourth-order valence-corrected chi connectivity index (χ4v) is 2.99. The molecule has 2 aliphatic rings. The van der Waals surface area contributed by atoms with E-state index in [2.05, 4.69) is 20.3 Å². The summed E-state index contributed by atoms with van der Waals surface area (Å²) in [6.45, 7) is 1.99. The van der Waals surface area contributed by atoms with Crippen LogP contribution in [0.1, 0.15) is 12.5 Å². The van der Waals surface area contributed by atoms with Crippen LogP contribution in [-0.2, 0) is 15.1 Å². The van der Waals surface area contributed by atoms with Gasteiger partial charge in [0.05, 0.1) is 0 Å². The maximum atomic E-state index is 12.9. The first kappa shape index (κ1) is 16.9. The SMILES string of the molecule is CC1(c2ccc3c(c2)OCCO3)NC(=O)N(CC(=O)Nc2ccon2)C1=O. The minimum absolute atomic E-state index is 0.196. The summed E-state index contributed by atoms with van der Waals surface area (Å²) in [5.41, 5.74) is -0.786. The summed E-state index contributed by atoms with van der Waals surface area (Å²) < 4.78 is 15.6. The zero-order valence-corrected chi connectivity index (χ0v) is 14.4. The van der Waals surface area contributed by atoms with Gasteiger partial charge in [0, 0.05) is 6.07 Å². The summed E-state index contributed by atoms with van der Waals surface area (Å²) in [6, 6.07) is 5.82. The Kier molecular flexibility index (Phi) is 3.94. The first-order chi connectivity index (χ1) is 13.0. The predicted octanol–water partition coefficient (Wildman–Crippen LogP) is 0.851. The zero-order valence-electron chi connectivity index (χ0n) is 14.4. The number of hydrogen-bond acceptors (Lipinski definition) is 7. The second-order valence-corrected chi connectivity index (χ2v) is 6.24. The van der Waals surface area contributed by atoms with Gasteiger partial charge in [-0.25, -0.2) is 4.79 Å². The highest BCUT2D eigenvalue weighted by Crippen LogP contribution is 2.36. The van der Waals surface area contributed by atoms with E-state index in [1.165, 1.54) is 12.3 Å². The van der Waals surface area contributed by atoms with E-state index in [9.17, 15) is 14.4 Å². The van der Waals surface area contributed by atoms with Crippen molar-refractivity contribution in [2.24, 2.45) is 0 Å². The van der Waals surface area contributed by atoms with E-state index in [0.29, 0.717) is 30.3 Å². The van der Waals surface area contributed by atoms with Gasteiger partial charge >= 0.3 is 6.03 Å². The highest BCUT2D eigenvalue weighted by atomic mass is 16.6. The molecular formula is C17H16N4O6. The van der Waals surface area contributed by atoms with Gasteiger partial charge < -0.3 is 24.6 Å². The smallest absolute Gasteiger partial charge is 0.325 e. The number of fused-ring (bicyclic) bond motifs is 1. The van der Waals surface area contributed by atoms with Gasteiger partial charge in [0.15, 0.2) is 17.3 Å². The van der Waals surface area contributed by atoms with Gasteiger partial charge in [-0.15, -0.1) is 0 Å². The molecule has 4 rings (SSSR count). The van der Waals surface area contributed by atoms with Gasteiger partial charge in [-0.2, -0.15) is 0 Å². The predicted molar refractivity (Wildman–Crippen MR) is 90.2 cm³/mol. The molecule has 1 unspecified atom stereocenters. The van der Waals surface area contributed by atoms with Gasteiger partial charge in [-0.05, 0) is 24.6 Å². The number of rotatable bonds is 4. The monoisotopic (exact) mass is 372 g/mol. The first-order valence-electron chi connectivity index (χ1n) is 8.22. The van der Waals surface area contributed by atoms with E-state index < -0.39 is 29.9 Å². The Labute approximate surface area is 153 Å². The molecule has 1 aromatic heterocycles. The summed E-state index contributed by atoms with van der Waals surface area (Å²) in [6.07, 6.45) is 1.29.